The van der Waals surface area contributed by atoms with Gasteiger partial charge >= 0.3 is 5.97 Å². The minimum absolute atomic E-state index is 0.106. The molecule has 6 nitrogen and oxygen atoms in total. The van der Waals surface area contributed by atoms with E-state index in [9.17, 15) is 9.59 Å². The van der Waals surface area contributed by atoms with Gasteiger partial charge in [0, 0.05) is 0 Å². The lowest BCUT2D eigenvalue weighted by molar-refractivity contribution is 0.0693. The Bertz CT molecular complexity index is 338. The fourth-order valence-corrected chi connectivity index (χ4v) is 0.838. The lowest BCUT2D eigenvalue weighted by Gasteiger charge is -1.92. The third-order valence-electron chi connectivity index (χ3n) is 1.32. The molecular weight excluding hydrogens is 164 g/mol. The molecule has 0 aliphatic rings. The second-order valence-electron chi connectivity index (χ2n) is 2.17. The van der Waals surface area contributed by atoms with E-state index in [0.29, 0.717) is 0 Å². The highest BCUT2D eigenvalue weighted by molar-refractivity contribution is 5.88. The van der Waals surface area contributed by atoms with Gasteiger partial charge in [0.15, 0.2) is 11.3 Å². The Morgan fingerprint density at radius 2 is 2.42 bits per heavy atom. The van der Waals surface area contributed by atoms with Gasteiger partial charge in [-0.05, 0) is 7.05 Å². The van der Waals surface area contributed by atoms with Gasteiger partial charge in [-0.1, -0.05) is 0 Å². The van der Waals surface area contributed by atoms with Crippen molar-refractivity contribution in [2.75, 3.05) is 7.05 Å². The molecule has 0 spiro atoms. The van der Waals surface area contributed by atoms with Crippen molar-refractivity contribution < 1.29 is 14.4 Å². The van der Waals surface area contributed by atoms with Gasteiger partial charge in [-0.3, -0.25) is 4.79 Å². The number of rotatable bonds is 3. The van der Waals surface area contributed by atoms with E-state index in [1.807, 2.05) is 5.16 Å². The Kier molecular flexibility index (Phi) is 2.29. The third-order valence-corrected chi connectivity index (χ3v) is 1.32. The molecule has 0 saturated carbocycles. The van der Waals surface area contributed by atoms with Crippen molar-refractivity contribution in [1.29, 1.82) is 0 Å². The zero-order chi connectivity index (χ0) is 9.14. The highest BCUT2D eigenvalue weighted by Crippen LogP contribution is 2.01. The van der Waals surface area contributed by atoms with Gasteiger partial charge in [0.2, 0.25) is 0 Å². The molecule has 0 unspecified atom stereocenters. The van der Waals surface area contributed by atoms with Crippen LogP contribution in [0, 0.1) is 0 Å². The van der Waals surface area contributed by atoms with Gasteiger partial charge in [0.05, 0.1) is 6.54 Å². The van der Waals surface area contributed by atoms with Crippen molar-refractivity contribution in [3.8, 4) is 0 Å². The number of nitrogens with one attached hydrogen (secondary N) is 2. The van der Waals surface area contributed by atoms with Gasteiger partial charge in [-0.15, -0.1) is 0 Å². The standard InChI is InChI=1S/C6H8N2O4/c1-7-2-3-4(6(10)11)5(9)8-12-3/h7H,2H2,1H3,(H,8,9)(H,10,11). The zero-order valence-electron chi connectivity index (χ0n) is 6.38. The molecule has 0 radical (unpaired) electrons. The number of carboxylic acids is 1. The maximum absolute atomic E-state index is 10.8. The highest BCUT2D eigenvalue weighted by atomic mass is 16.5. The van der Waals surface area contributed by atoms with Gasteiger partial charge in [-0.25, -0.2) is 4.79 Å². The summed E-state index contributed by atoms with van der Waals surface area (Å²) in [5.74, 6) is -1.18. The van der Waals surface area contributed by atoms with E-state index in [4.69, 9.17) is 5.11 Å². The molecule has 0 saturated heterocycles. The van der Waals surface area contributed by atoms with Crippen LogP contribution in [-0.4, -0.2) is 23.3 Å². The van der Waals surface area contributed by atoms with E-state index < -0.39 is 11.5 Å². The average molecular weight is 172 g/mol. The fourth-order valence-electron chi connectivity index (χ4n) is 0.838. The van der Waals surface area contributed by atoms with Crippen molar-refractivity contribution in [2.45, 2.75) is 6.54 Å². The third kappa shape index (κ3) is 1.37. The number of aromatic carboxylic acids is 1. The van der Waals surface area contributed by atoms with Gasteiger partial charge in [0.1, 0.15) is 0 Å². The quantitative estimate of drug-likeness (QED) is 0.565. The molecule has 0 bridgehead atoms. The minimum atomic E-state index is -1.28. The van der Waals surface area contributed by atoms with Crippen molar-refractivity contribution in [3.63, 3.8) is 0 Å². The van der Waals surface area contributed by atoms with Gasteiger partial charge in [-0.2, -0.15) is 5.16 Å². The maximum atomic E-state index is 10.8. The van der Waals surface area contributed by atoms with E-state index in [0.717, 1.165) is 0 Å². The molecule has 0 aliphatic carbocycles. The second kappa shape index (κ2) is 3.22. The summed E-state index contributed by atoms with van der Waals surface area (Å²) < 4.78 is 4.62. The largest absolute Gasteiger partial charge is 0.477 e. The van der Waals surface area contributed by atoms with Gasteiger partial charge < -0.3 is 14.9 Å². The van der Waals surface area contributed by atoms with Crippen molar-refractivity contribution in [1.82, 2.24) is 10.5 Å². The summed E-state index contributed by atoms with van der Waals surface area (Å²) in [5, 5.41) is 13.2. The normalized spacial score (nSPS) is 10.1. The number of hydrogen-bond donors (Lipinski definition) is 3. The Balaban J connectivity index is 3.12. The molecule has 1 aromatic rings. The molecule has 0 aromatic carbocycles. The van der Waals surface area contributed by atoms with Crippen molar-refractivity contribution in [2.24, 2.45) is 0 Å². The summed E-state index contributed by atoms with van der Waals surface area (Å²) in [6.45, 7) is 0.209. The maximum Gasteiger partial charge on any atom is 0.345 e. The summed E-state index contributed by atoms with van der Waals surface area (Å²) in [5.41, 5.74) is -1.06. The smallest absolute Gasteiger partial charge is 0.345 e. The number of hydrogen-bond acceptors (Lipinski definition) is 4. The molecule has 3 N–H and O–H groups in total. The number of aromatic nitrogens is 1. The van der Waals surface area contributed by atoms with Crippen LogP contribution in [0.3, 0.4) is 0 Å². The fraction of sp³-hybridized carbons (Fsp3) is 0.333. The van der Waals surface area contributed by atoms with E-state index >= 15 is 0 Å². The highest BCUT2D eigenvalue weighted by Gasteiger charge is 2.18. The van der Waals surface area contributed by atoms with Crippen LogP contribution in [0.4, 0.5) is 0 Å². The Morgan fingerprint density at radius 1 is 1.75 bits per heavy atom. The summed E-state index contributed by atoms with van der Waals surface area (Å²) in [6.07, 6.45) is 0. The van der Waals surface area contributed by atoms with Crippen LogP contribution in [0.25, 0.3) is 0 Å². The molecular formula is C6H8N2O4. The molecule has 0 fully saturated rings. The van der Waals surface area contributed by atoms with Crippen LogP contribution in [0.2, 0.25) is 0 Å². The number of H-pyrrole nitrogens is 1. The van der Waals surface area contributed by atoms with Gasteiger partial charge in [0.25, 0.3) is 5.56 Å². The summed E-state index contributed by atoms with van der Waals surface area (Å²) in [4.78, 5) is 21.3. The van der Waals surface area contributed by atoms with E-state index in [1.165, 1.54) is 0 Å². The molecule has 1 heterocycles. The second-order valence-corrected chi connectivity index (χ2v) is 2.17. The predicted octanol–water partition coefficient (Wildman–Crippen LogP) is -0.614. The van der Waals surface area contributed by atoms with Crippen LogP contribution in [0.1, 0.15) is 16.1 Å². The van der Waals surface area contributed by atoms with Crippen LogP contribution in [0.15, 0.2) is 9.32 Å². The first kappa shape index (κ1) is 8.54. The zero-order valence-corrected chi connectivity index (χ0v) is 6.38. The number of carboxylic acid groups (broad SMARTS) is 1. The molecule has 1 rings (SSSR count). The van der Waals surface area contributed by atoms with E-state index in [1.54, 1.807) is 7.05 Å². The number of aromatic amines is 1. The predicted molar refractivity (Wildman–Crippen MR) is 39.1 cm³/mol. The summed E-state index contributed by atoms with van der Waals surface area (Å²) >= 11 is 0. The Labute approximate surface area is 67.2 Å². The Morgan fingerprint density at radius 3 is 2.92 bits per heavy atom. The first-order chi connectivity index (χ1) is 5.66. The molecule has 6 heteroatoms. The van der Waals surface area contributed by atoms with E-state index in [-0.39, 0.29) is 17.9 Å². The molecule has 0 atom stereocenters. The lowest BCUT2D eigenvalue weighted by Crippen LogP contribution is -2.15. The molecule has 1 aromatic heterocycles. The lowest BCUT2D eigenvalue weighted by atomic mass is 10.2. The van der Waals surface area contributed by atoms with Crippen LogP contribution in [-0.2, 0) is 6.54 Å². The minimum Gasteiger partial charge on any atom is -0.477 e. The van der Waals surface area contributed by atoms with Crippen molar-refractivity contribution >= 4 is 5.97 Å². The van der Waals surface area contributed by atoms with Crippen LogP contribution in [0.5, 0.6) is 0 Å². The summed E-state index contributed by atoms with van der Waals surface area (Å²) in [6, 6.07) is 0. The first-order valence-electron chi connectivity index (χ1n) is 3.25. The summed E-state index contributed by atoms with van der Waals surface area (Å²) in [7, 11) is 1.62. The molecule has 66 valence electrons. The number of carbonyl (C=O) groups is 1. The monoisotopic (exact) mass is 172 g/mol. The first-order valence-corrected chi connectivity index (χ1v) is 3.25. The van der Waals surface area contributed by atoms with E-state index in [2.05, 4.69) is 9.84 Å². The van der Waals surface area contributed by atoms with Crippen LogP contribution >= 0.6 is 0 Å². The average Bonchev–Trinajstić information content (AvgIpc) is 2.32. The molecule has 0 amide bonds. The molecule has 0 aliphatic heterocycles. The topological polar surface area (TPSA) is 95.3 Å². The Hall–Kier alpha value is -1.56. The van der Waals surface area contributed by atoms with Crippen LogP contribution < -0.4 is 10.9 Å². The SMILES string of the molecule is CNCc1o[nH]c(=O)c1C(=O)O. The van der Waals surface area contributed by atoms with Crippen molar-refractivity contribution in [3.05, 3.63) is 21.7 Å². The molecule has 12 heavy (non-hydrogen) atoms.